The van der Waals surface area contributed by atoms with Gasteiger partial charge in [-0.3, -0.25) is 0 Å². The molecule has 134 valence electrons. The van der Waals surface area contributed by atoms with Crippen LogP contribution in [0, 0.1) is 0 Å². The van der Waals surface area contributed by atoms with E-state index in [0.29, 0.717) is 0 Å². The highest BCUT2D eigenvalue weighted by atomic mass is 14.1. The Kier molecular flexibility index (Phi) is 7.61. The normalized spacial score (nSPS) is 17.9. The van der Waals surface area contributed by atoms with Crippen molar-refractivity contribution in [2.45, 2.75) is 83.5 Å². The number of rotatable bonds is 0. The maximum Gasteiger partial charge on any atom is -0.00258 e. The van der Waals surface area contributed by atoms with Crippen LogP contribution >= 0.6 is 0 Å². The molecule has 0 heteroatoms. The Morgan fingerprint density at radius 1 is 0.320 bits per heavy atom. The lowest BCUT2D eigenvalue weighted by Gasteiger charge is -2.06. The molecule has 0 spiro atoms. The zero-order valence-corrected chi connectivity index (χ0v) is 15.8. The van der Waals surface area contributed by atoms with Crippen LogP contribution in [0.15, 0.2) is 48.5 Å². The van der Waals surface area contributed by atoms with Crippen molar-refractivity contribution >= 4 is 0 Å². The van der Waals surface area contributed by atoms with Crippen molar-refractivity contribution in [3.8, 4) is 0 Å². The van der Waals surface area contributed by atoms with Gasteiger partial charge in [-0.15, -0.1) is 0 Å². The van der Waals surface area contributed by atoms with Crippen molar-refractivity contribution in [2.24, 2.45) is 0 Å². The average molecular weight is 335 g/mol. The van der Waals surface area contributed by atoms with E-state index in [9.17, 15) is 0 Å². The summed E-state index contributed by atoms with van der Waals surface area (Å²) in [6.45, 7) is 0. The highest BCUT2D eigenvalue weighted by molar-refractivity contribution is 5.30. The van der Waals surface area contributed by atoms with Gasteiger partial charge in [0.05, 0.1) is 0 Å². The molecule has 0 saturated carbocycles. The van der Waals surface area contributed by atoms with E-state index in [-0.39, 0.29) is 0 Å². The van der Waals surface area contributed by atoms with Crippen LogP contribution in [0.25, 0.3) is 0 Å². The Bertz CT molecular complexity index is 535. The van der Waals surface area contributed by atoms with E-state index in [1.54, 1.807) is 0 Å². The van der Waals surface area contributed by atoms with Crippen LogP contribution in [0.5, 0.6) is 0 Å². The fraction of sp³-hybridized carbons (Fsp3) is 0.520. The van der Waals surface area contributed by atoms with Crippen molar-refractivity contribution in [1.29, 1.82) is 0 Å². The van der Waals surface area contributed by atoms with Crippen molar-refractivity contribution in [3.63, 3.8) is 0 Å². The quantitative estimate of drug-likeness (QED) is 0.475. The Morgan fingerprint density at radius 3 is 0.960 bits per heavy atom. The van der Waals surface area contributed by atoms with E-state index in [0.717, 1.165) is 6.42 Å². The molecule has 4 bridgehead atoms. The van der Waals surface area contributed by atoms with Crippen LogP contribution in [-0.2, 0) is 19.3 Å². The maximum atomic E-state index is 2.34. The van der Waals surface area contributed by atoms with Gasteiger partial charge in [-0.05, 0) is 54.4 Å². The molecule has 0 fully saturated rings. The van der Waals surface area contributed by atoms with Gasteiger partial charge in [0.1, 0.15) is 0 Å². The summed E-state index contributed by atoms with van der Waals surface area (Å²) in [6, 6.07) is 18.7. The lowest BCUT2D eigenvalue weighted by atomic mass is 9.99. The van der Waals surface area contributed by atoms with E-state index >= 15 is 0 Å². The fourth-order valence-electron chi connectivity index (χ4n) is 3.96. The zero-order valence-electron chi connectivity index (χ0n) is 15.8. The van der Waals surface area contributed by atoms with Crippen LogP contribution in [0.1, 0.15) is 86.5 Å². The summed E-state index contributed by atoms with van der Waals surface area (Å²) in [5.74, 6) is 0. The number of aryl methyl sites for hydroxylation is 2. The van der Waals surface area contributed by atoms with Gasteiger partial charge in [0.15, 0.2) is 0 Å². The molecule has 2 aromatic rings. The highest BCUT2D eigenvalue weighted by Crippen LogP contribution is 2.17. The van der Waals surface area contributed by atoms with E-state index in [4.69, 9.17) is 0 Å². The SMILES string of the molecule is c1cc2ccc1CCCCCCCCCCCCc1ccc(cc1)C2. The summed E-state index contributed by atoms with van der Waals surface area (Å²) in [5, 5.41) is 0. The third kappa shape index (κ3) is 6.69. The highest BCUT2D eigenvalue weighted by Gasteiger charge is 2.01. The fourth-order valence-corrected chi connectivity index (χ4v) is 3.96. The smallest absolute Gasteiger partial charge is 0.00258 e. The minimum atomic E-state index is 1.06. The van der Waals surface area contributed by atoms with Gasteiger partial charge in [-0.1, -0.05) is 99.9 Å². The molecule has 0 aliphatic heterocycles. The first-order valence-corrected chi connectivity index (χ1v) is 10.6. The molecular weight excluding hydrogens is 300 g/mol. The zero-order chi connectivity index (χ0) is 17.2. The molecule has 0 saturated heterocycles. The van der Waals surface area contributed by atoms with Crippen molar-refractivity contribution < 1.29 is 0 Å². The summed E-state index contributed by atoms with van der Waals surface area (Å²) in [7, 11) is 0. The lowest BCUT2D eigenvalue weighted by Crippen LogP contribution is -1.92. The van der Waals surface area contributed by atoms with E-state index < -0.39 is 0 Å². The molecule has 2 aromatic carbocycles. The van der Waals surface area contributed by atoms with Crippen LogP contribution < -0.4 is 0 Å². The Hall–Kier alpha value is -1.56. The van der Waals surface area contributed by atoms with Crippen molar-refractivity contribution in [3.05, 3.63) is 70.8 Å². The first kappa shape index (κ1) is 18.2. The van der Waals surface area contributed by atoms with Crippen LogP contribution in [0.2, 0.25) is 0 Å². The van der Waals surface area contributed by atoms with Gasteiger partial charge in [0.2, 0.25) is 0 Å². The van der Waals surface area contributed by atoms with E-state index in [1.807, 2.05) is 0 Å². The molecule has 0 amide bonds. The molecule has 0 atom stereocenters. The van der Waals surface area contributed by atoms with Gasteiger partial charge >= 0.3 is 0 Å². The Morgan fingerprint density at radius 2 is 0.600 bits per heavy atom. The summed E-state index contributed by atoms with van der Waals surface area (Å²) in [6.07, 6.45) is 17.6. The molecule has 0 aromatic heterocycles. The topological polar surface area (TPSA) is 0 Å². The predicted octanol–water partition coefficient (Wildman–Crippen LogP) is 7.28. The minimum absolute atomic E-state index is 1.06. The third-order valence-corrected chi connectivity index (χ3v) is 5.64. The number of fused-ring (bicyclic) bond motifs is 2. The van der Waals surface area contributed by atoms with Gasteiger partial charge in [0, 0.05) is 0 Å². The van der Waals surface area contributed by atoms with Crippen LogP contribution in [0.4, 0.5) is 0 Å². The second kappa shape index (κ2) is 10.4. The summed E-state index contributed by atoms with van der Waals surface area (Å²) in [4.78, 5) is 0. The molecule has 0 nitrogen and oxygen atoms in total. The molecule has 5 rings (SSSR count). The summed E-state index contributed by atoms with van der Waals surface area (Å²) >= 11 is 0. The lowest BCUT2D eigenvalue weighted by molar-refractivity contribution is 0.551. The minimum Gasteiger partial charge on any atom is -0.0588 e. The molecule has 0 radical (unpaired) electrons. The average Bonchev–Trinajstić information content (AvgIpc) is 2.65. The largest absolute Gasteiger partial charge is 0.0588 e. The number of hydrogen-bond donors (Lipinski definition) is 0. The maximum absolute atomic E-state index is 2.34. The molecule has 0 heterocycles. The molecule has 0 unspecified atom stereocenters. The summed E-state index contributed by atoms with van der Waals surface area (Å²) in [5.41, 5.74) is 5.87. The second-order valence-corrected chi connectivity index (χ2v) is 7.85. The van der Waals surface area contributed by atoms with Crippen LogP contribution in [0.3, 0.4) is 0 Å². The molecule has 25 heavy (non-hydrogen) atoms. The predicted molar refractivity (Wildman–Crippen MR) is 109 cm³/mol. The monoisotopic (exact) mass is 334 g/mol. The van der Waals surface area contributed by atoms with Crippen molar-refractivity contribution in [1.82, 2.24) is 0 Å². The Balaban J connectivity index is 1.60. The van der Waals surface area contributed by atoms with Crippen LogP contribution in [-0.4, -0.2) is 0 Å². The molecule has 3 aliphatic carbocycles. The summed E-state index contributed by atoms with van der Waals surface area (Å²) < 4.78 is 0. The van der Waals surface area contributed by atoms with Gasteiger partial charge < -0.3 is 0 Å². The van der Waals surface area contributed by atoms with Gasteiger partial charge in [-0.25, -0.2) is 0 Å². The third-order valence-electron chi connectivity index (χ3n) is 5.64. The molecule has 3 aliphatic rings. The van der Waals surface area contributed by atoms with E-state index in [1.165, 1.54) is 99.3 Å². The second-order valence-electron chi connectivity index (χ2n) is 7.85. The van der Waals surface area contributed by atoms with Gasteiger partial charge in [0.25, 0.3) is 0 Å². The number of hydrogen-bond acceptors (Lipinski definition) is 0. The first-order chi connectivity index (χ1) is 12.4. The molecule has 0 N–H and O–H groups in total. The number of benzene rings is 2. The standard InChI is InChI=1S/C25H34/c1-2-4-6-8-10-12-23-15-19-25(20-16-23)21-24-17-13-22(14-18-24)11-9-7-5-3-1/h13-20H,1-12,21H2. The first-order valence-electron chi connectivity index (χ1n) is 10.6. The van der Waals surface area contributed by atoms with Gasteiger partial charge in [-0.2, -0.15) is 0 Å². The van der Waals surface area contributed by atoms with Crippen molar-refractivity contribution in [2.75, 3.05) is 0 Å². The Labute approximate surface area is 154 Å². The molecular formula is C25H34. The van der Waals surface area contributed by atoms with E-state index in [2.05, 4.69) is 48.5 Å².